The van der Waals surface area contributed by atoms with Crippen LogP contribution in [0.5, 0.6) is 11.5 Å². The Balaban J connectivity index is 2.10. The minimum atomic E-state index is -0.559. The second-order valence-electron chi connectivity index (χ2n) is 5.61. The Morgan fingerprint density at radius 3 is 2.78 bits per heavy atom. The second-order valence-corrected chi connectivity index (χ2v) is 6.53. The van der Waals surface area contributed by atoms with Crippen molar-refractivity contribution in [3.63, 3.8) is 0 Å². The number of amides is 1. The van der Waals surface area contributed by atoms with Crippen LogP contribution >= 0.6 is 15.9 Å². The first-order valence-electron chi connectivity index (χ1n) is 7.40. The van der Waals surface area contributed by atoms with Gasteiger partial charge in [0.05, 0.1) is 19.3 Å². The van der Waals surface area contributed by atoms with Crippen molar-refractivity contribution in [2.75, 3.05) is 12.0 Å². The molecule has 0 aliphatic carbocycles. The van der Waals surface area contributed by atoms with Crippen molar-refractivity contribution in [2.45, 2.75) is 26.5 Å². The predicted octanol–water partition coefficient (Wildman–Crippen LogP) is 4.08. The molecule has 0 saturated heterocycles. The number of methoxy groups -OCH3 is 1. The van der Waals surface area contributed by atoms with Gasteiger partial charge in [0, 0.05) is 10.0 Å². The van der Waals surface area contributed by atoms with E-state index in [1.807, 2.05) is 43.3 Å². The van der Waals surface area contributed by atoms with Gasteiger partial charge in [-0.15, -0.1) is 0 Å². The average molecular weight is 376 g/mol. The Bertz CT molecular complexity index is 760. The number of fused-ring (bicyclic) bond motifs is 1. The van der Waals surface area contributed by atoms with Crippen LogP contribution < -0.4 is 14.4 Å². The molecule has 1 unspecified atom stereocenters. The fraction of sp³-hybridized carbons (Fsp3) is 0.278. The van der Waals surface area contributed by atoms with Crippen LogP contribution in [-0.4, -0.2) is 19.1 Å². The number of halogens is 1. The highest BCUT2D eigenvalue weighted by atomic mass is 79.9. The van der Waals surface area contributed by atoms with Crippen molar-refractivity contribution in [3.05, 3.63) is 52.0 Å². The molecule has 1 amide bonds. The Morgan fingerprint density at radius 2 is 2.04 bits per heavy atom. The maximum atomic E-state index is 12.8. The maximum absolute atomic E-state index is 12.8. The summed E-state index contributed by atoms with van der Waals surface area (Å²) in [5.41, 5.74) is 2.81. The summed E-state index contributed by atoms with van der Waals surface area (Å²) in [6.07, 6.45) is -0.559. The highest BCUT2D eigenvalue weighted by Crippen LogP contribution is 2.35. The second kappa shape index (κ2) is 6.24. The van der Waals surface area contributed by atoms with E-state index in [0.29, 0.717) is 12.3 Å². The van der Waals surface area contributed by atoms with Gasteiger partial charge in [-0.2, -0.15) is 0 Å². The quantitative estimate of drug-likeness (QED) is 0.793. The fourth-order valence-corrected chi connectivity index (χ4v) is 3.03. The summed E-state index contributed by atoms with van der Waals surface area (Å²) in [6.45, 7) is 4.22. The van der Waals surface area contributed by atoms with Crippen LogP contribution in [0.25, 0.3) is 0 Å². The summed E-state index contributed by atoms with van der Waals surface area (Å²) < 4.78 is 12.2. The van der Waals surface area contributed by atoms with Crippen LogP contribution in [0.4, 0.5) is 5.69 Å². The zero-order chi connectivity index (χ0) is 16.6. The van der Waals surface area contributed by atoms with E-state index in [1.54, 1.807) is 18.9 Å². The molecule has 1 aliphatic rings. The first kappa shape index (κ1) is 15.9. The molecule has 23 heavy (non-hydrogen) atoms. The van der Waals surface area contributed by atoms with Crippen molar-refractivity contribution < 1.29 is 14.3 Å². The van der Waals surface area contributed by atoms with Crippen molar-refractivity contribution in [2.24, 2.45) is 0 Å². The first-order valence-corrected chi connectivity index (χ1v) is 8.20. The summed E-state index contributed by atoms with van der Waals surface area (Å²) in [5, 5.41) is 0. The van der Waals surface area contributed by atoms with Crippen LogP contribution in [0.3, 0.4) is 0 Å². The molecule has 0 N–H and O–H groups in total. The van der Waals surface area contributed by atoms with E-state index in [0.717, 1.165) is 27.0 Å². The number of ether oxygens (including phenoxy) is 2. The number of hydrogen-bond donors (Lipinski definition) is 0. The van der Waals surface area contributed by atoms with Crippen molar-refractivity contribution >= 4 is 27.5 Å². The molecule has 4 nitrogen and oxygen atoms in total. The van der Waals surface area contributed by atoms with Gasteiger partial charge in [0.1, 0.15) is 11.5 Å². The summed E-state index contributed by atoms with van der Waals surface area (Å²) >= 11 is 3.44. The lowest BCUT2D eigenvalue weighted by Crippen LogP contribution is -2.38. The number of nitrogens with zero attached hydrogens (tertiary/aromatic N) is 1. The molecule has 0 radical (unpaired) electrons. The standard InChI is InChI=1S/C18H18BrNO3/c1-11-4-7-16(22-3)15(8-11)20-10-13-5-6-14(19)9-17(13)23-12(2)18(20)21/h4-9,12H,10H2,1-3H3. The van der Waals surface area contributed by atoms with Gasteiger partial charge in [-0.25, -0.2) is 0 Å². The van der Waals surface area contributed by atoms with E-state index in [2.05, 4.69) is 15.9 Å². The van der Waals surface area contributed by atoms with Crippen LogP contribution in [0.2, 0.25) is 0 Å². The van der Waals surface area contributed by atoms with Gasteiger partial charge in [0.25, 0.3) is 5.91 Å². The molecule has 1 aliphatic heterocycles. The third kappa shape index (κ3) is 3.06. The molecule has 1 heterocycles. The van der Waals surface area contributed by atoms with Gasteiger partial charge in [0.2, 0.25) is 0 Å². The zero-order valence-electron chi connectivity index (χ0n) is 13.3. The summed E-state index contributed by atoms with van der Waals surface area (Å²) in [7, 11) is 1.61. The van der Waals surface area contributed by atoms with Gasteiger partial charge < -0.3 is 14.4 Å². The maximum Gasteiger partial charge on any atom is 0.268 e. The normalized spacial score (nSPS) is 17.3. The Kier molecular flexibility index (Phi) is 4.31. The minimum absolute atomic E-state index is 0.0822. The van der Waals surface area contributed by atoms with Gasteiger partial charge in [-0.3, -0.25) is 4.79 Å². The molecule has 0 aromatic heterocycles. The van der Waals surface area contributed by atoms with Gasteiger partial charge in [-0.1, -0.05) is 28.1 Å². The number of benzene rings is 2. The van der Waals surface area contributed by atoms with Crippen molar-refractivity contribution in [1.29, 1.82) is 0 Å². The number of aryl methyl sites for hydroxylation is 1. The van der Waals surface area contributed by atoms with E-state index in [1.165, 1.54) is 0 Å². The largest absolute Gasteiger partial charge is 0.495 e. The fourth-order valence-electron chi connectivity index (χ4n) is 2.69. The van der Waals surface area contributed by atoms with Gasteiger partial charge in [0.15, 0.2) is 6.10 Å². The molecule has 0 bridgehead atoms. The van der Waals surface area contributed by atoms with E-state index >= 15 is 0 Å². The first-order chi connectivity index (χ1) is 11.0. The van der Waals surface area contributed by atoms with Crippen molar-refractivity contribution in [3.8, 4) is 11.5 Å². The summed E-state index contributed by atoms with van der Waals surface area (Å²) in [4.78, 5) is 14.5. The lowest BCUT2D eigenvalue weighted by atomic mass is 10.1. The number of carbonyl (C=O) groups is 1. The molecule has 5 heteroatoms. The number of carbonyl (C=O) groups excluding carboxylic acids is 1. The molecule has 120 valence electrons. The van der Waals surface area contributed by atoms with Gasteiger partial charge in [-0.05, 0) is 43.7 Å². The molecule has 3 rings (SSSR count). The zero-order valence-corrected chi connectivity index (χ0v) is 14.9. The summed E-state index contributed by atoms with van der Waals surface area (Å²) in [5.74, 6) is 1.33. The molecule has 0 fully saturated rings. The minimum Gasteiger partial charge on any atom is -0.495 e. The Labute approximate surface area is 144 Å². The molecular weight excluding hydrogens is 358 g/mol. The topological polar surface area (TPSA) is 38.8 Å². The monoisotopic (exact) mass is 375 g/mol. The van der Waals surface area contributed by atoms with E-state index in [4.69, 9.17) is 9.47 Å². The number of anilines is 1. The molecule has 2 aromatic carbocycles. The van der Waals surface area contributed by atoms with Crippen molar-refractivity contribution in [1.82, 2.24) is 0 Å². The summed E-state index contributed by atoms with van der Waals surface area (Å²) in [6, 6.07) is 11.6. The molecule has 1 atom stereocenters. The average Bonchev–Trinajstić information content (AvgIpc) is 2.64. The third-order valence-electron chi connectivity index (χ3n) is 3.90. The van der Waals surface area contributed by atoms with E-state index in [-0.39, 0.29) is 5.91 Å². The van der Waals surface area contributed by atoms with E-state index < -0.39 is 6.10 Å². The highest BCUT2D eigenvalue weighted by molar-refractivity contribution is 9.10. The van der Waals surface area contributed by atoms with Crippen LogP contribution in [0, 0.1) is 6.92 Å². The lowest BCUT2D eigenvalue weighted by Gasteiger charge is -2.24. The van der Waals surface area contributed by atoms with Gasteiger partial charge >= 0.3 is 0 Å². The molecule has 0 saturated carbocycles. The highest BCUT2D eigenvalue weighted by Gasteiger charge is 2.30. The Hall–Kier alpha value is -2.01. The number of hydrogen-bond acceptors (Lipinski definition) is 3. The SMILES string of the molecule is COc1ccc(C)cc1N1Cc2ccc(Br)cc2OC(C)C1=O. The smallest absolute Gasteiger partial charge is 0.268 e. The van der Waals surface area contributed by atoms with E-state index in [9.17, 15) is 4.79 Å². The van der Waals surface area contributed by atoms with Crippen LogP contribution in [0.15, 0.2) is 40.9 Å². The van der Waals surface area contributed by atoms with Crippen LogP contribution in [-0.2, 0) is 11.3 Å². The Morgan fingerprint density at radius 1 is 1.26 bits per heavy atom. The molecule has 0 spiro atoms. The lowest BCUT2D eigenvalue weighted by molar-refractivity contribution is -0.124. The van der Waals surface area contributed by atoms with Crippen LogP contribution in [0.1, 0.15) is 18.1 Å². The number of rotatable bonds is 2. The molecule has 2 aromatic rings. The predicted molar refractivity (Wildman–Crippen MR) is 93.2 cm³/mol. The molecular formula is C18H18BrNO3. The third-order valence-corrected chi connectivity index (χ3v) is 4.39.